The molecule has 0 unspecified atom stereocenters. The van der Waals surface area contributed by atoms with Gasteiger partial charge in [0.2, 0.25) is 0 Å². The van der Waals surface area contributed by atoms with Gasteiger partial charge in [-0.2, -0.15) is 5.10 Å². The Hall–Kier alpha value is -0.540. The lowest BCUT2D eigenvalue weighted by molar-refractivity contribution is 0.154. The first kappa shape index (κ1) is 12.5. The summed E-state index contributed by atoms with van der Waals surface area (Å²) in [6.45, 7) is 9.10. The van der Waals surface area contributed by atoms with Crippen molar-refractivity contribution in [2.24, 2.45) is 0 Å². The maximum atomic E-state index is 6.15. The van der Waals surface area contributed by atoms with Crippen LogP contribution in [0.3, 0.4) is 0 Å². The molecule has 0 amide bonds. The molecule has 1 aromatic rings. The summed E-state index contributed by atoms with van der Waals surface area (Å²) in [5.41, 5.74) is 1.06. The minimum Gasteiger partial charge on any atom is -0.382 e. The van der Waals surface area contributed by atoms with Gasteiger partial charge in [-0.1, -0.05) is 32.4 Å². The van der Waals surface area contributed by atoms with Crippen LogP contribution in [0.1, 0.15) is 39.4 Å². The smallest absolute Gasteiger partial charge is 0.0823 e. The van der Waals surface area contributed by atoms with Crippen LogP contribution in [-0.2, 0) is 10.2 Å². The third kappa shape index (κ3) is 2.73. The Morgan fingerprint density at radius 2 is 2.13 bits per heavy atom. The van der Waals surface area contributed by atoms with E-state index in [4.69, 9.17) is 16.3 Å². The Morgan fingerprint density at radius 1 is 1.53 bits per heavy atom. The Balaban J connectivity index is 3.09. The first-order chi connectivity index (χ1) is 6.88. The molecule has 0 aromatic carbocycles. The number of nitrogens with zero attached hydrogens (tertiary/aromatic N) is 2. The first-order valence-corrected chi connectivity index (χ1v) is 5.48. The summed E-state index contributed by atoms with van der Waals surface area (Å²) in [5.74, 6) is 0. The molecule has 0 N–H and O–H groups in total. The van der Waals surface area contributed by atoms with Gasteiger partial charge in [-0.05, 0) is 6.92 Å². The standard InChI is InChI=1S/C11H19ClN2O/c1-8(7-15-5)14-10(11(2,3)4)9(12)6-13-14/h6,8H,7H2,1-5H3/t8-/m1/s1. The van der Waals surface area contributed by atoms with Crippen LogP contribution in [0, 0.1) is 0 Å². The largest absolute Gasteiger partial charge is 0.382 e. The van der Waals surface area contributed by atoms with E-state index in [1.165, 1.54) is 0 Å². The van der Waals surface area contributed by atoms with E-state index < -0.39 is 0 Å². The van der Waals surface area contributed by atoms with Gasteiger partial charge < -0.3 is 4.74 Å². The first-order valence-electron chi connectivity index (χ1n) is 5.10. The highest BCUT2D eigenvalue weighted by Crippen LogP contribution is 2.31. The molecule has 0 bridgehead atoms. The highest BCUT2D eigenvalue weighted by atomic mass is 35.5. The summed E-state index contributed by atoms with van der Waals surface area (Å²) < 4.78 is 7.08. The van der Waals surface area contributed by atoms with Crippen LogP contribution < -0.4 is 0 Å². The van der Waals surface area contributed by atoms with E-state index in [2.05, 4.69) is 32.8 Å². The Bertz CT molecular complexity index is 328. The average Bonchev–Trinajstić information content (AvgIpc) is 2.46. The number of methoxy groups -OCH3 is 1. The number of aromatic nitrogens is 2. The van der Waals surface area contributed by atoms with Gasteiger partial charge >= 0.3 is 0 Å². The number of rotatable bonds is 3. The molecule has 0 aliphatic heterocycles. The van der Waals surface area contributed by atoms with Crippen molar-refractivity contribution in [2.75, 3.05) is 13.7 Å². The molecule has 0 radical (unpaired) electrons. The van der Waals surface area contributed by atoms with E-state index in [0.717, 1.165) is 10.7 Å². The van der Waals surface area contributed by atoms with Gasteiger partial charge in [0.25, 0.3) is 0 Å². The summed E-state index contributed by atoms with van der Waals surface area (Å²) in [5, 5.41) is 5.03. The van der Waals surface area contributed by atoms with E-state index >= 15 is 0 Å². The third-order valence-corrected chi connectivity index (χ3v) is 2.56. The van der Waals surface area contributed by atoms with Crippen LogP contribution in [0.2, 0.25) is 5.02 Å². The summed E-state index contributed by atoms with van der Waals surface area (Å²) in [7, 11) is 1.69. The van der Waals surface area contributed by atoms with Gasteiger partial charge in [0.1, 0.15) is 0 Å². The van der Waals surface area contributed by atoms with Crippen LogP contribution in [0.25, 0.3) is 0 Å². The van der Waals surface area contributed by atoms with Gasteiger partial charge in [-0.15, -0.1) is 0 Å². The monoisotopic (exact) mass is 230 g/mol. The van der Waals surface area contributed by atoms with Gasteiger partial charge in [0.15, 0.2) is 0 Å². The predicted molar refractivity (Wildman–Crippen MR) is 62.5 cm³/mol. The molecule has 15 heavy (non-hydrogen) atoms. The molecule has 0 fully saturated rings. The lowest BCUT2D eigenvalue weighted by Gasteiger charge is -2.24. The Labute approximate surface area is 96.4 Å². The van der Waals surface area contributed by atoms with Crippen LogP contribution >= 0.6 is 11.6 Å². The number of hydrogen-bond donors (Lipinski definition) is 0. The van der Waals surface area contributed by atoms with Crippen molar-refractivity contribution in [3.05, 3.63) is 16.9 Å². The van der Waals surface area contributed by atoms with Crippen molar-refractivity contribution < 1.29 is 4.74 Å². The molecule has 0 saturated heterocycles. The fourth-order valence-electron chi connectivity index (χ4n) is 1.69. The van der Waals surface area contributed by atoms with Crippen molar-refractivity contribution in [1.29, 1.82) is 0 Å². The minimum atomic E-state index is -0.00438. The zero-order chi connectivity index (χ0) is 11.6. The molecular weight excluding hydrogens is 212 g/mol. The van der Waals surface area contributed by atoms with Gasteiger partial charge in [0.05, 0.1) is 29.6 Å². The molecule has 86 valence electrons. The number of ether oxygens (including phenoxy) is 1. The van der Waals surface area contributed by atoms with E-state index in [-0.39, 0.29) is 11.5 Å². The van der Waals surface area contributed by atoms with Crippen LogP contribution in [-0.4, -0.2) is 23.5 Å². The SMILES string of the molecule is COC[C@@H](C)n1ncc(Cl)c1C(C)(C)C. The van der Waals surface area contributed by atoms with E-state index in [0.29, 0.717) is 6.61 Å². The second kappa shape index (κ2) is 4.54. The molecule has 0 aliphatic rings. The van der Waals surface area contributed by atoms with Crippen molar-refractivity contribution in [2.45, 2.75) is 39.2 Å². The average molecular weight is 231 g/mol. The van der Waals surface area contributed by atoms with Crippen LogP contribution in [0.15, 0.2) is 6.20 Å². The molecule has 3 nitrogen and oxygen atoms in total. The zero-order valence-electron chi connectivity index (χ0n) is 10.0. The van der Waals surface area contributed by atoms with Crippen molar-refractivity contribution in [1.82, 2.24) is 9.78 Å². The minimum absolute atomic E-state index is 0.00438. The highest BCUT2D eigenvalue weighted by molar-refractivity contribution is 6.31. The maximum absolute atomic E-state index is 6.15. The molecule has 1 heterocycles. The lowest BCUT2D eigenvalue weighted by Crippen LogP contribution is -2.23. The Kier molecular flexibility index (Phi) is 3.79. The highest BCUT2D eigenvalue weighted by Gasteiger charge is 2.25. The van der Waals surface area contributed by atoms with Gasteiger partial charge in [-0.3, -0.25) is 4.68 Å². The van der Waals surface area contributed by atoms with Crippen molar-refractivity contribution >= 4 is 11.6 Å². The van der Waals surface area contributed by atoms with Crippen LogP contribution in [0.4, 0.5) is 0 Å². The fraction of sp³-hybridized carbons (Fsp3) is 0.727. The normalized spacial score (nSPS) is 14.3. The van der Waals surface area contributed by atoms with Crippen LogP contribution in [0.5, 0.6) is 0 Å². The zero-order valence-corrected chi connectivity index (χ0v) is 10.8. The van der Waals surface area contributed by atoms with Gasteiger partial charge in [0, 0.05) is 12.5 Å². The summed E-state index contributed by atoms with van der Waals surface area (Å²) >= 11 is 6.15. The van der Waals surface area contributed by atoms with E-state index in [1.807, 2.05) is 4.68 Å². The molecule has 0 spiro atoms. The van der Waals surface area contributed by atoms with Gasteiger partial charge in [-0.25, -0.2) is 0 Å². The summed E-state index contributed by atoms with van der Waals surface area (Å²) in [4.78, 5) is 0. The Morgan fingerprint density at radius 3 is 2.60 bits per heavy atom. The lowest BCUT2D eigenvalue weighted by atomic mass is 9.92. The molecule has 1 rings (SSSR count). The third-order valence-electron chi connectivity index (χ3n) is 2.29. The van der Waals surface area contributed by atoms with E-state index in [1.54, 1.807) is 13.3 Å². The van der Waals surface area contributed by atoms with E-state index in [9.17, 15) is 0 Å². The quantitative estimate of drug-likeness (QED) is 0.798. The maximum Gasteiger partial charge on any atom is 0.0823 e. The second-order valence-corrected chi connectivity index (χ2v) is 5.25. The summed E-state index contributed by atoms with van der Waals surface area (Å²) in [6.07, 6.45) is 1.70. The number of halogens is 1. The molecule has 1 atom stereocenters. The molecule has 4 heteroatoms. The van der Waals surface area contributed by atoms with Crippen molar-refractivity contribution in [3.8, 4) is 0 Å². The molecule has 1 aromatic heterocycles. The second-order valence-electron chi connectivity index (χ2n) is 4.84. The van der Waals surface area contributed by atoms with Crippen molar-refractivity contribution in [3.63, 3.8) is 0 Å². The summed E-state index contributed by atoms with van der Waals surface area (Å²) in [6, 6.07) is 0.205. The molecule has 0 aliphatic carbocycles. The fourth-order valence-corrected chi connectivity index (χ4v) is 2.10. The topological polar surface area (TPSA) is 27.1 Å². The predicted octanol–water partition coefficient (Wildman–Crippen LogP) is 3.04. The number of hydrogen-bond acceptors (Lipinski definition) is 2. The molecule has 0 saturated carbocycles. The molecular formula is C11H19ClN2O.